The molecule has 0 amide bonds. The van der Waals surface area contributed by atoms with E-state index in [0.29, 0.717) is 28.7 Å². The first-order valence-corrected chi connectivity index (χ1v) is 10.4. The van der Waals surface area contributed by atoms with Crippen LogP contribution in [-0.2, 0) is 0 Å². The molecule has 6 nitrogen and oxygen atoms in total. The number of nitrogen functional groups attached to an aromatic ring is 1. The third kappa shape index (κ3) is 5.29. The average Bonchev–Trinajstić information content (AvgIpc) is 2.77. The second-order valence-corrected chi connectivity index (χ2v) is 7.62. The van der Waals surface area contributed by atoms with Gasteiger partial charge in [-0.05, 0) is 61.5 Å². The highest BCUT2D eigenvalue weighted by Crippen LogP contribution is 2.32. The normalized spacial score (nSPS) is 10.6. The molecule has 0 atom stereocenters. The first-order valence-electron chi connectivity index (χ1n) is 9.63. The van der Waals surface area contributed by atoms with Crippen molar-refractivity contribution >= 4 is 29.2 Å². The molecule has 0 bridgehead atoms. The summed E-state index contributed by atoms with van der Waals surface area (Å²) in [4.78, 5) is 13.9. The van der Waals surface area contributed by atoms with Crippen molar-refractivity contribution in [3.63, 3.8) is 0 Å². The second-order valence-electron chi connectivity index (χ2n) is 6.51. The van der Waals surface area contributed by atoms with E-state index in [1.54, 1.807) is 30.6 Å². The Morgan fingerprint density at radius 2 is 1.77 bits per heavy atom. The fourth-order valence-electron chi connectivity index (χ4n) is 2.91. The molecule has 0 saturated carbocycles. The van der Waals surface area contributed by atoms with Gasteiger partial charge in [0.25, 0.3) is 0 Å². The average molecular weight is 434 g/mol. The van der Waals surface area contributed by atoms with Crippen molar-refractivity contribution in [3.8, 4) is 17.0 Å². The topological polar surface area (TPSA) is 86.0 Å². The smallest absolute Gasteiger partial charge is 0.222 e. The van der Waals surface area contributed by atoms with Gasteiger partial charge in [-0.1, -0.05) is 11.8 Å². The maximum atomic E-state index is 14.6. The number of pyridine rings is 1. The van der Waals surface area contributed by atoms with E-state index in [1.165, 1.54) is 17.8 Å². The Balaban J connectivity index is 1.53. The number of nitrogens with one attached hydrogen (secondary N) is 1. The summed E-state index contributed by atoms with van der Waals surface area (Å²) < 4.78 is 20.1. The Kier molecular flexibility index (Phi) is 6.28. The minimum atomic E-state index is -0.333. The number of nitrogens with two attached hydrogens (primary N) is 1. The lowest BCUT2D eigenvalue weighted by Crippen LogP contribution is -2.02. The van der Waals surface area contributed by atoms with Gasteiger partial charge < -0.3 is 15.8 Å². The van der Waals surface area contributed by atoms with Crippen molar-refractivity contribution in [2.75, 3.05) is 17.7 Å². The van der Waals surface area contributed by atoms with E-state index in [9.17, 15) is 4.39 Å². The molecule has 0 fully saturated rings. The number of hydrogen-bond donors (Lipinski definition) is 2. The number of benzene rings is 2. The van der Waals surface area contributed by atoms with Crippen molar-refractivity contribution < 1.29 is 9.13 Å². The molecular formula is C23H20FN5OS. The van der Waals surface area contributed by atoms with Crippen molar-refractivity contribution in [1.29, 1.82) is 0 Å². The van der Waals surface area contributed by atoms with Crippen LogP contribution < -0.4 is 15.8 Å². The van der Waals surface area contributed by atoms with Gasteiger partial charge in [0.2, 0.25) is 5.95 Å². The highest BCUT2D eigenvalue weighted by atomic mass is 32.2. The highest BCUT2D eigenvalue weighted by Gasteiger charge is 2.09. The molecular weight excluding hydrogens is 413 g/mol. The first-order chi connectivity index (χ1) is 15.1. The molecule has 3 N–H and O–H groups in total. The Bertz CT molecular complexity index is 1170. The maximum Gasteiger partial charge on any atom is 0.222 e. The Morgan fingerprint density at radius 3 is 2.48 bits per heavy atom. The number of hydrogen-bond acceptors (Lipinski definition) is 7. The van der Waals surface area contributed by atoms with E-state index in [4.69, 9.17) is 10.5 Å². The molecule has 0 aliphatic rings. The molecule has 2 aromatic heterocycles. The number of rotatable bonds is 7. The SMILES string of the molecule is CCOc1ccc(-c2cc(Nc3ccc(Sc4ccncc4)c(F)c3)nc(N)n2)cc1. The van der Waals surface area contributed by atoms with Gasteiger partial charge in [-0.2, -0.15) is 4.98 Å². The predicted molar refractivity (Wildman–Crippen MR) is 121 cm³/mol. The molecule has 0 saturated heterocycles. The quantitative estimate of drug-likeness (QED) is 0.395. The molecule has 0 unspecified atom stereocenters. The number of halogens is 1. The molecule has 8 heteroatoms. The zero-order valence-electron chi connectivity index (χ0n) is 16.7. The standard InChI is InChI=1S/C23H20FN5OS/c1-2-30-17-6-3-15(4-7-17)20-14-22(29-23(25)28-20)27-16-5-8-21(19(24)13-16)31-18-9-11-26-12-10-18/h3-14H,2H2,1H3,(H3,25,27,28,29). The van der Waals surface area contributed by atoms with Gasteiger partial charge in [0.15, 0.2) is 0 Å². The monoisotopic (exact) mass is 433 g/mol. The summed E-state index contributed by atoms with van der Waals surface area (Å²) in [6, 6.07) is 17.9. The molecule has 4 rings (SSSR count). The van der Waals surface area contributed by atoms with Crippen LogP contribution in [-0.4, -0.2) is 21.6 Å². The molecule has 2 heterocycles. The summed E-state index contributed by atoms with van der Waals surface area (Å²) in [6.07, 6.45) is 3.36. The minimum Gasteiger partial charge on any atom is -0.494 e. The summed E-state index contributed by atoms with van der Waals surface area (Å²) in [5.74, 6) is 1.05. The van der Waals surface area contributed by atoms with Crippen molar-refractivity contribution in [2.24, 2.45) is 0 Å². The Hall–Kier alpha value is -3.65. The minimum absolute atomic E-state index is 0.124. The van der Waals surface area contributed by atoms with Gasteiger partial charge in [0, 0.05) is 39.5 Å². The third-order valence-electron chi connectivity index (χ3n) is 4.29. The van der Waals surface area contributed by atoms with Crippen molar-refractivity contribution in [1.82, 2.24) is 15.0 Å². The van der Waals surface area contributed by atoms with Crippen LogP contribution in [0.3, 0.4) is 0 Å². The summed E-state index contributed by atoms with van der Waals surface area (Å²) in [6.45, 7) is 2.54. The van der Waals surface area contributed by atoms with Gasteiger partial charge >= 0.3 is 0 Å². The summed E-state index contributed by atoms with van der Waals surface area (Å²) in [5, 5.41) is 3.10. The van der Waals surface area contributed by atoms with E-state index < -0.39 is 0 Å². The van der Waals surface area contributed by atoms with Crippen molar-refractivity contribution in [2.45, 2.75) is 16.7 Å². The summed E-state index contributed by atoms with van der Waals surface area (Å²) >= 11 is 1.34. The van der Waals surface area contributed by atoms with E-state index >= 15 is 0 Å². The Morgan fingerprint density at radius 1 is 1.00 bits per heavy atom. The molecule has 0 aliphatic carbocycles. The van der Waals surface area contributed by atoms with Crippen LogP contribution in [0.1, 0.15) is 6.92 Å². The van der Waals surface area contributed by atoms with E-state index in [0.717, 1.165) is 16.2 Å². The molecule has 2 aromatic carbocycles. The molecule has 0 aliphatic heterocycles. The van der Waals surface area contributed by atoms with Crippen LogP contribution >= 0.6 is 11.8 Å². The lowest BCUT2D eigenvalue weighted by atomic mass is 10.1. The zero-order valence-corrected chi connectivity index (χ0v) is 17.6. The maximum absolute atomic E-state index is 14.6. The lowest BCUT2D eigenvalue weighted by molar-refractivity contribution is 0.340. The molecule has 0 spiro atoms. The van der Waals surface area contributed by atoms with Gasteiger partial charge in [-0.15, -0.1) is 0 Å². The number of aromatic nitrogens is 3. The molecule has 31 heavy (non-hydrogen) atoms. The fraction of sp³-hybridized carbons (Fsp3) is 0.0870. The fourth-order valence-corrected chi connectivity index (χ4v) is 3.71. The van der Waals surface area contributed by atoms with E-state index in [1.807, 2.05) is 43.3 Å². The van der Waals surface area contributed by atoms with Gasteiger partial charge in [0.1, 0.15) is 17.4 Å². The Labute approximate surface area is 183 Å². The second kappa shape index (κ2) is 9.44. The van der Waals surface area contributed by atoms with Crippen LogP contribution in [0.2, 0.25) is 0 Å². The van der Waals surface area contributed by atoms with Crippen LogP contribution in [0.25, 0.3) is 11.3 Å². The van der Waals surface area contributed by atoms with Crippen LogP contribution in [0, 0.1) is 5.82 Å². The first kappa shape index (κ1) is 20.6. The predicted octanol–water partition coefficient (Wildman–Crippen LogP) is 5.55. The van der Waals surface area contributed by atoms with E-state index in [2.05, 4.69) is 20.3 Å². The highest BCUT2D eigenvalue weighted by molar-refractivity contribution is 7.99. The number of anilines is 3. The third-order valence-corrected chi connectivity index (χ3v) is 5.35. The summed E-state index contributed by atoms with van der Waals surface area (Å²) in [7, 11) is 0. The van der Waals surface area contributed by atoms with Crippen LogP contribution in [0.4, 0.5) is 21.8 Å². The van der Waals surface area contributed by atoms with Gasteiger partial charge in [-0.25, -0.2) is 9.37 Å². The number of nitrogens with zero attached hydrogens (tertiary/aromatic N) is 3. The molecule has 4 aromatic rings. The van der Waals surface area contributed by atoms with Gasteiger partial charge in [0.05, 0.1) is 12.3 Å². The molecule has 156 valence electrons. The van der Waals surface area contributed by atoms with Crippen LogP contribution in [0.5, 0.6) is 5.75 Å². The summed E-state index contributed by atoms with van der Waals surface area (Å²) in [5.41, 5.74) is 7.99. The molecule has 0 radical (unpaired) electrons. The lowest BCUT2D eigenvalue weighted by Gasteiger charge is -2.11. The largest absolute Gasteiger partial charge is 0.494 e. The number of ether oxygens (including phenoxy) is 1. The van der Waals surface area contributed by atoms with E-state index in [-0.39, 0.29) is 11.8 Å². The van der Waals surface area contributed by atoms with Gasteiger partial charge in [-0.3, -0.25) is 4.98 Å². The van der Waals surface area contributed by atoms with Crippen molar-refractivity contribution in [3.05, 3.63) is 78.9 Å². The zero-order chi connectivity index (χ0) is 21.6. The van der Waals surface area contributed by atoms with Crippen LogP contribution in [0.15, 0.2) is 82.8 Å².